The summed E-state index contributed by atoms with van der Waals surface area (Å²) in [4.78, 5) is 30.3. The lowest BCUT2D eigenvalue weighted by Crippen LogP contribution is -2.28. The third-order valence-corrected chi connectivity index (χ3v) is 4.82. The molecule has 3 rings (SSSR count). The number of rotatable bonds is 6. The summed E-state index contributed by atoms with van der Waals surface area (Å²) < 4.78 is 1.42. The highest BCUT2D eigenvalue weighted by Gasteiger charge is 2.18. The van der Waals surface area contributed by atoms with E-state index in [1.165, 1.54) is 4.68 Å². The zero-order valence-corrected chi connectivity index (χ0v) is 16.9. The van der Waals surface area contributed by atoms with Gasteiger partial charge in [0.2, 0.25) is 0 Å². The molecule has 0 unspecified atom stereocenters. The van der Waals surface area contributed by atoms with E-state index < -0.39 is 0 Å². The van der Waals surface area contributed by atoms with Crippen LogP contribution in [0.2, 0.25) is 0 Å². The first-order valence-corrected chi connectivity index (χ1v) is 9.68. The molecule has 2 heterocycles. The summed E-state index contributed by atoms with van der Waals surface area (Å²) in [7, 11) is 0. The Labute approximate surface area is 164 Å². The van der Waals surface area contributed by atoms with Crippen molar-refractivity contribution < 1.29 is 4.79 Å². The van der Waals surface area contributed by atoms with E-state index in [1.54, 1.807) is 18.2 Å². The number of hydrogen-bond donors (Lipinski definition) is 1. The number of benzene rings is 1. The molecule has 0 spiro atoms. The summed E-state index contributed by atoms with van der Waals surface area (Å²) in [5.74, 6) is -0.336. The van der Waals surface area contributed by atoms with E-state index in [9.17, 15) is 9.59 Å². The van der Waals surface area contributed by atoms with Gasteiger partial charge in [-0.05, 0) is 44.9 Å². The number of pyridine rings is 1. The van der Waals surface area contributed by atoms with Gasteiger partial charge in [0.25, 0.3) is 11.5 Å². The lowest BCUT2D eigenvalue weighted by molar-refractivity contribution is 0.102. The van der Waals surface area contributed by atoms with Crippen LogP contribution in [0.3, 0.4) is 0 Å². The summed E-state index contributed by atoms with van der Waals surface area (Å²) in [6, 6.07) is 9.06. The molecule has 0 atom stereocenters. The summed E-state index contributed by atoms with van der Waals surface area (Å²) in [6.45, 7) is 8.34. The van der Waals surface area contributed by atoms with Gasteiger partial charge < -0.3 is 5.32 Å². The van der Waals surface area contributed by atoms with Gasteiger partial charge in [-0.15, -0.1) is 0 Å². The fourth-order valence-electron chi connectivity index (χ4n) is 3.45. The number of hydrogen-bond acceptors (Lipinski definition) is 4. The zero-order chi connectivity index (χ0) is 20.3. The number of nitrogens with one attached hydrogen (secondary N) is 1. The van der Waals surface area contributed by atoms with Crippen molar-refractivity contribution in [3.05, 3.63) is 63.3 Å². The maximum atomic E-state index is 13.1. The van der Waals surface area contributed by atoms with Gasteiger partial charge in [0.05, 0.1) is 16.8 Å². The van der Waals surface area contributed by atoms with E-state index in [-0.39, 0.29) is 17.2 Å². The maximum absolute atomic E-state index is 13.1. The molecule has 146 valence electrons. The Morgan fingerprint density at radius 3 is 2.50 bits per heavy atom. The number of fused-ring (bicyclic) bond motifs is 1. The fourth-order valence-corrected chi connectivity index (χ4v) is 3.45. The quantitative estimate of drug-likeness (QED) is 0.654. The topological polar surface area (TPSA) is 76.9 Å². The van der Waals surface area contributed by atoms with Crippen LogP contribution >= 0.6 is 0 Å². The van der Waals surface area contributed by atoms with E-state index in [0.717, 1.165) is 36.2 Å². The third-order valence-electron chi connectivity index (χ3n) is 4.82. The van der Waals surface area contributed by atoms with Crippen LogP contribution < -0.4 is 10.9 Å². The molecule has 0 aliphatic rings. The second-order valence-electron chi connectivity index (χ2n) is 7.12. The van der Waals surface area contributed by atoms with Gasteiger partial charge in [0.15, 0.2) is 5.69 Å². The molecule has 1 amide bonds. The van der Waals surface area contributed by atoms with Gasteiger partial charge in [-0.2, -0.15) is 5.10 Å². The van der Waals surface area contributed by atoms with Gasteiger partial charge in [-0.1, -0.05) is 38.0 Å². The molecule has 6 heteroatoms. The average Bonchev–Trinajstić information content (AvgIpc) is 2.66. The van der Waals surface area contributed by atoms with Crippen molar-refractivity contribution in [2.75, 3.05) is 5.32 Å². The number of aryl methyl sites for hydroxylation is 4. The lowest BCUT2D eigenvalue weighted by atomic mass is 10.1. The predicted molar refractivity (Wildman–Crippen MR) is 112 cm³/mol. The normalized spacial score (nSPS) is 11.0. The van der Waals surface area contributed by atoms with Crippen molar-refractivity contribution in [3.8, 4) is 0 Å². The molecule has 0 fully saturated rings. The number of unbranched alkanes of at least 4 members (excludes halogenated alkanes) is 2. The van der Waals surface area contributed by atoms with Gasteiger partial charge in [0, 0.05) is 17.6 Å². The van der Waals surface area contributed by atoms with Crippen LogP contribution in [0.5, 0.6) is 0 Å². The molecule has 6 nitrogen and oxygen atoms in total. The lowest BCUT2D eigenvalue weighted by Gasteiger charge is -2.14. The van der Waals surface area contributed by atoms with E-state index in [4.69, 9.17) is 0 Å². The van der Waals surface area contributed by atoms with E-state index in [1.807, 2.05) is 32.9 Å². The van der Waals surface area contributed by atoms with E-state index in [0.29, 0.717) is 23.0 Å². The first-order valence-electron chi connectivity index (χ1n) is 9.68. The van der Waals surface area contributed by atoms with Crippen molar-refractivity contribution in [2.24, 2.45) is 0 Å². The van der Waals surface area contributed by atoms with Crippen LogP contribution in [0.15, 0.2) is 35.1 Å². The van der Waals surface area contributed by atoms with Gasteiger partial charge in [0.1, 0.15) is 0 Å². The highest BCUT2D eigenvalue weighted by atomic mass is 16.2. The molecule has 1 aromatic carbocycles. The number of carbonyl (C=O) groups excluding carboxylic acids is 1. The van der Waals surface area contributed by atoms with Crippen molar-refractivity contribution in [1.82, 2.24) is 14.8 Å². The third kappa shape index (κ3) is 3.96. The Hall–Kier alpha value is -3.02. The van der Waals surface area contributed by atoms with Crippen molar-refractivity contribution in [2.45, 2.75) is 53.5 Å². The molecule has 0 aliphatic heterocycles. The molecule has 28 heavy (non-hydrogen) atoms. The Bertz CT molecular complexity index is 1060. The largest absolute Gasteiger partial charge is 0.319 e. The first-order chi connectivity index (χ1) is 13.4. The molecule has 2 aromatic heterocycles. The Balaban J connectivity index is 2.05. The van der Waals surface area contributed by atoms with Crippen LogP contribution in [-0.4, -0.2) is 20.7 Å². The summed E-state index contributed by atoms with van der Waals surface area (Å²) in [6.07, 6.45) is 2.91. The second kappa shape index (κ2) is 8.33. The molecule has 0 bridgehead atoms. The Kier molecular flexibility index (Phi) is 5.87. The number of carbonyl (C=O) groups is 1. The number of nitrogens with zero attached hydrogens (tertiary/aromatic N) is 3. The number of amides is 1. The predicted octanol–water partition coefficient (Wildman–Crippen LogP) is 4.16. The molecular formula is C22H26N4O2. The standard InChI is InChI=1S/C22H26N4O2/c1-5-6-9-12-26-22(28)18-11-8-7-10-17(18)20(25-26)21(27)24-19-14(2)13-15(3)23-16(19)4/h7-8,10-11,13H,5-6,9,12H2,1-4H3,(H,24,27). The summed E-state index contributed by atoms with van der Waals surface area (Å²) >= 11 is 0. The van der Waals surface area contributed by atoms with Crippen LogP contribution in [0.4, 0.5) is 5.69 Å². The van der Waals surface area contributed by atoms with Crippen LogP contribution in [0, 0.1) is 20.8 Å². The summed E-state index contributed by atoms with van der Waals surface area (Å²) in [5, 5.41) is 8.44. The number of aromatic nitrogens is 3. The molecule has 3 aromatic rings. The molecule has 0 aliphatic carbocycles. The van der Waals surface area contributed by atoms with Crippen molar-refractivity contribution in [1.29, 1.82) is 0 Å². The van der Waals surface area contributed by atoms with E-state index in [2.05, 4.69) is 22.3 Å². The average molecular weight is 378 g/mol. The molecule has 1 N–H and O–H groups in total. The monoisotopic (exact) mass is 378 g/mol. The molecule has 0 saturated carbocycles. The van der Waals surface area contributed by atoms with Gasteiger partial charge in [-0.3, -0.25) is 14.6 Å². The fraction of sp³-hybridized carbons (Fsp3) is 0.364. The van der Waals surface area contributed by atoms with Gasteiger partial charge in [-0.25, -0.2) is 4.68 Å². The summed E-state index contributed by atoms with van der Waals surface area (Å²) in [5.41, 5.74) is 3.38. The van der Waals surface area contributed by atoms with Crippen molar-refractivity contribution >= 4 is 22.4 Å². The van der Waals surface area contributed by atoms with Gasteiger partial charge >= 0.3 is 0 Å². The minimum Gasteiger partial charge on any atom is -0.319 e. The zero-order valence-electron chi connectivity index (χ0n) is 16.9. The van der Waals surface area contributed by atoms with E-state index >= 15 is 0 Å². The minimum atomic E-state index is -0.336. The molecule has 0 radical (unpaired) electrons. The highest BCUT2D eigenvalue weighted by Crippen LogP contribution is 2.21. The Morgan fingerprint density at radius 1 is 1.11 bits per heavy atom. The number of anilines is 1. The molecule has 0 saturated heterocycles. The second-order valence-corrected chi connectivity index (χ2v) is 7.12. The first kappa shape index (κ1) is 19.7. The Morgan fingerprint density at radius 2 is 1.82 bits per heavy atom. The van der Waals surface area contributed by atoms with Crippen LogP contribution in [0.1, 0.15) is 53.6 Å². The highest BCUT2D eigenvalue weighted by molar-refractivity contribution is 6.11. The molecular weight excluding hydrogens is 352 g/mol. The smallest absolute Gasteiger partial charge is 0.276 e. The minimum absolute atomic E-state index is 0.160. The van der Waals surface area contributed by atoms with Crippen LogP contribution in [-0.2, 0) is 6.54 Å². The van der Waals surface area contributed by atoms with Crippen LogP contribution in [0.25, 0.3) is 10.8 Å². The SMILES string of the molecule is CCCCCn1nc(C(=O)Nc2c(C)cc(C)nc2C)c2ccccc2c1=O. The van der Waals surface area contributed by atoms with Crippen molar-refractivity contribution in [3.63, 3.8) is 0 Å². The maximum Gasteiger partial charge on any atom is 0.276 e.